The highest BCUT2D eigenvalue weighted by Gasteiger charge is 2.23. The van der Waals surface area contributed by atoms with Crippen molar-refractivity contribution in [3.8, 4) is 0 Å². The quantitative estimate of drug-likeness (QED) is 0.674. The van der Waals surface area contributed by atoms with E-state index in [1.54, 1.807) is 12.1 Å². The van der Waals surface area contributed by atoms with E-state index < -0.39 is 10.0 Å². The van der Waals surface area contributed by atoms with Crippen LogP contribution in [0.2, 0.25) is 0 Å². The second kappa shape index (κ2) is 8.29. The van der Waals surface area contributed by atoms with Crippen LogP contribution in [0.25, 0.3) is 0 Å². The van der Waals surface area contributed by atoms with E-state index in [0.29, 0.717) is 6.54 Å². The lowest BCUT2D eigenvalue weighted by atomic mass is 10.1. The molecule has 5 nitrogen and oxygen atoms in total. The number of benzene rings is 1. The molecule has 0 aliphatic heterocycles. The summed E-state index contributed by atoms with van der Waals surface area (Å²) in [5.41, 5.74) is 2.01. The van der Waals surface area contributed by atoms with Crippen molar-refractivity contribution in [2.75, 3.05) is 26.2 Å². The second-order valence-electron chi connectivity index (χ2n) is 4.74. The summed E-state index contributed by atoms with van der Waals surface area (Å²) in [4.78, 5) is 0.247. The van der Waals surface area contributed by atoms with Crippen LogP contribution in [0.4, 0.5) is 0 Å². The maximum Gasteiger partial charge on any atom is 0.243 e. The van der Waals surface area contributed by atoms with Gasteiger partial charge in [0, 0.05) is 19.6 Å². The Kier molecular flexibility index (Phi) is 7.04. The molecule has 1 aromatic rings. The lowest BCUT2D eigenvalue weighted by Gasteiger charge is -2.20. The van der Waals surface area contributed by atoms with E-state index in [1.165, 1.54) is 10.4 Å². The maximum absolute atomic E-state index is 12.6. The Morgan fingerprint density at radius 1 is 1.43 bits per heavy atom. The van der Waals surface area contributed by atoms with Gasteiger partial charge in [0.25, 0.3) is 0 Å². The van der Waals surface area contributed by atoms with E-state index in [1.807, 2.05) is 19.9 Å². The Labute approximate surface area is 127 Å². The molecule has 0 atom stereocenters. The Morgan fingerprint density at radius 3 is 2.71 bits per heavy atom. The first-order chi connectivity index (χ1) is 9.97. The van der Waals surface area contributed by atoms with E-state index in [-0.39, 0.29) is 24.6 Å². The maximum atomic E-state index is 12.6. The number of sulfonamides is 1. The first kappa shape index (κ1) is 17.8. The van der Waals surface area contributed by atoms with Gasteiger partial charge in [-0.15, -0.1) is 6.58 Å². The molecule has 0 heterocycles. The zero-order valence-corrected chi connectivity index (χ0v) is 13.5. The highest BCUT2D eigenvalue weighted by Crippen LogP contribution is 2.19. The summed E-state index contributed by atoms with van der Waals surface area (Å²) in [5, 5.41) is 12.2. The average molecular weight is 312 g/mol. The molecule has 21 heavy (non-hydrogen) atoms. The molecule has 2 N–H and O–H groups in total. The number of aliphatic hydroxyl groups is 1. The highest BCUT2D eigenvalue weighted by molar-refractivity contribution is 7.89. The van der Waals surface area contributed by atoms with Crippen molar-refractivity contribution in [2.24, 2.45) is 0 Å². The predicted octanol–water partition coefficient (Wildman–Crippen LogP) is 1.27. The van der Waals surface area contributed by atoms with Gasteiger partial charge in [-0.2, -0.15) is 4.31 Å². The van der Waals surface area contributed by atoms with Crippen molar-refractivity contribution >= 4 is 10.0 Å². The summed E-state index contributed by atoms with van der Waals surface area (Å²) in [5.74, 6) is 0. The van der Waals surface area contributed by atoms with Gasteiger partial charge in [-0.1, -0.05) is 19.1 Å². The molecular formula is C15H24N2O3S. The minimum Gasteiger partial charge on any atom is -0.395 e. The summed E-state index contributed by atoms with van der Waals surface area (Å²) >= 11 is 0. The second-order valence-corrected chi connectivity index (χ2v) is 6.68. The zero-order chi connectivity index (χ0) is 15.9. The van der Waals surface area contributed by atoms with Gasteiger partial charge in [-0.3, -0.25) is 0 Å². The molecule has 0 spiro atoms. The Balaban J connectivity index is 3.14. The van der Waals surface area contributed by atoms with E-state index in [2.05, 4.69) is 11.9 Å². The largest absolute Gasteiger partial charge is 0.395 e. The van der Waals surface area contributed by atoms with Crippen LogP contribution < -0.4 is 5.32 Å². The molecule has 0 saturated carbocycles. The van der Waals surface area contributed by atoms with Crippen LogP contribution in [0.1, 0.15) is 18.1 Å². The number of aryl methyl sites for hydroxylation is 1. The van der Waals surface area contributed by atoms with Gasteiger partial charge in [0.1, 0.15) is 0 Å². The van der Waals surface area contributed by atoms with Crippen LogP contribution in [-0.4, -0.2) is 44.1 Å². The van der Waals surface area contributed by atoms with Gasteiger partial charge < -0.3 is 10.4 Å². The highest BCUT2D eigenvalue weighted by atomic mass is 32.2. The van der Waals surface area contributed by atoms with Crippen molar-refractivity contribution in [1.82, 2.24) is 9.62 Å². The molecule has 0 unspecified atom stereocenters. The van der Waals surface area contributed by atoms with Crippen molar-refractivity contribution in [2.45, 2.75) is 25.3 Å². The van der Waals surface area contributed by atoms with Gasteiger partial charge in [-0.25, -0.2) is 8.42 Å². The summed E-state index contributed by atoms with van der Waals surface area (Å²) < 4.78 is 26.4. The fourth-order valence-corrected chi connectivity index (χ4v) is 3.43. The summed E-state index contributed by atoms with van der Waals surface area (Å²) in [6.45, 7) is 9.00. The van der Waals surface area contributed by atoms with Gasteiger partial charge in [0.2, 0.25) is 10.0 Å². The Hall–Kier alpha value is -1.21. The topological polar surface area (TPSA) is 69.6 Å². The minimum absolute atomic E-state index is 0.0603. The monoisotopic (exact) mass is 312 g/mol. The van der Waals surface area contributed by atoms with Crippen LogP contribution in [-0.2, 0) is 16.6 Å². The van der Waals surface area contributed by atoms with Gasteiger partial charge in [-0.05, 0) is 36.7 Å². The summed E-state index contributed by atoms with van der Waals surface area (Å²) in [6.07, 6.45) is 1.51. The van der Waals surface area contributed by atoms with Crippen molar-refractivity contribution < 1.29 is 13.5 Å². The molecule has 0 aliphatic rings. The van der Waals surface area contributed by atoms with Crippen LogP contribution in [0.3, 0.4) is 0 Å². The number of nitrogens with zero attached hydrogens (tertiary/aromatic N) is 1. The van der Waals surface area contributed by atoms with Crippen LogP contribution in [0.15, 0.2) is 35.7 Å². The number of rotatable bonds is 9. The molecule has 0 fully saturated rings. The zero-order valence-electron chi connectivity index (χ0n) is 12.7. The molecule has 0 amide bonds. The standard InChI is InChI=1S/C15H24N2O3S/c1-4-8-17(9-10-18)21(19,20)15-7-6-13(3)14(11-15)12-16-5-2/h4,6-7,11,16,18H,1,5,8-10,12H2,2-3H3. The van der Waals surface area contributed by atoms with E-state index in [9.17, 15) is 8.42 Å². The molecule has 1 rings (SSSR count). The molecule has 0 saturated heterocycles. The Morgan fingerprint density at radius 2 is 2.14 bits per heavy atom. The normalized spacial score (nSPS) is 11.8. The lowest BCUT2D eigenvalue weighted by molar-refractivity contribution is 0.260. The third kappa shape index (κ3) is 4.64. The first-order valence-corrected chi connectivity index (χ1v) is 8.43. The van der Waals surface area contributed by atoms with E-state index in [4.69, 9.17) is 5.11 Å². The minimum atomic E-state index is -3.62. The van der Waals surface area contributed by atoms with Gasteiger partial charge >= 0.3 is 0 Å². The molecule has 1 aromatic carbocycles. The third-order valence-electron chi connectivity index (χ3n) is 3.21. The molecule has 0 radical (unpaired) electrons. The number of hydrogen-bond acceptors (Lipinski definition) is 4. The van der Waals surface area contributed by atoms with Crippen molar-refractivity contribution in [3.05, 3.63) is 42.0 Å². The SMILES string of the molecule is C=CCN(CCO)S(=O)(=O)c1ccc(C)c(CNCC)c1. The summed E-state index contributed by atoms with van der Waals surface area (Å²) in [7, 11) is -3.62. The molecule has 0 aromatic heterocycles. The van der Waals surface area contributed by atoms with Crippen molar-refractivity contribution in [3.63, 3.8) is 0 Å². The number of nitrogens with one attached hydrogen (secondary N) is 1. The predicted molar refractivity (Wildman–Crippen MR) is 84.6 cm³/mol. The van der Waals surface area contributed by atoms with Crippen LogP contribution in [0.5, 0.6) is 0 Å². The fraction of sp³-hybridized carbons (Fsp3) is 0.467. The van der Waals surface area contributed by atoms with Gasteiger partial charge in [0.05, 0.1) is 11.5 Å². The molecule has 0 bridgehead atoms. The molecule has 6 heteroatoms. The average Bonchev–Trinajstić information content (AvgIpc) is 2.46. The van der Waals surface area contributed by atoms with Crippen LogP contribution in [0, 0.1) is 6.92 Å². The Bertz CT molecular complexity index is 570. The molecule has 0 aliphatic carbocycles. The van der Waals surface area contributed by atoms with E-state index >= 15 is 0 Å². The first-order valence-electron chi connectivity index (χ1n) is 6.99. The lowest BCUT2D eigenvalue weighted by Crippen LogP contribution is -2.33. The molecular weight excluding hydrogens is 288 g/mol. The smallest absolute Gasteiger partial charge is 0.243 e. The third-order valence-corrected chi connectivity index (χ3v) is 5.07. The van der Waals surface area contributed by atoms with Crippen LogP contribution >= 0.6 is 0 Å². The fourth-order valence-electron chi connectivity index (χ4n) is 1.97. The van der Waals surface area contributed by atoms with Gasteiger partial charge in [0.15, 0.2) is 0 Å². The number of hydrogen-bond donors (Lipinski definition) is 2. The van der Waals surface area contributed by atoms with Crippen molar-refractivity contribution in [1.29, 1.82) is 0 Å². The number of aliphatic hydroxyl groups excluding tert-OH is 1. The van der Waals surface area contributed by atoms with E-state index in [0.717, 1.165) is 17.7 Å². The summed E-state index contributed by atoms with van der Waals surface area (Å²) in [6, 6.07) is 5.11. The molecule has 118 valence electrons.